The largest absolute Gasteiger partial charge is 0.401 e. The number of carbonyl (C=O) groups excluding carboxylic acids is 1. The monoisotopic (exact) mass is 224 g/mol. The lowest BCUT2D eigenvalue weighted by molar-refractivity contribution is -0.124. The minimum atomic E-state index is -4.17. The highest BCUT2D eigenvalue weighted by Crippen LogP contribution is 2.18. The Bertz CT molecular complexity index is 214. The van der Waals surface area contributed by atoms with Gasteiger partial charge in [-0.05, 0) is 25.8 Å². The van der Waals surface area contributed by atoms with Gasteiger partial charge in [0.25, 0.3) is 0 Å². The normalized spacial score (nSPS) is 16.5. The first-order chi connectivity index (χ1) is 6.97. The third-order valence-electron chi connectivity index (χ3n) is 2.03. The zero-order valence-electron chi connectivity index (χ0n) is 8.36. The maximum Gasteiger partial charge on any atom is 0.401 e. The lowest BCUT2D eigenvalue weighted by atomic mass is 10.3. The van der Waals surface area contributed by atoms with Crippen LogP contribution in [0, 0.1) is 0 Å². The van der Waals surface area contributed by atoms with Gasteiger partial charge in [0.05, 0.1) is 6.54 Å². The predicted octanol–water partition coefficient (Wildman–Crippen LogP) is 1.20. The zero-order chi connectivity index (χ0) is 11.3. The Kier molecular flexibility index (Phi) is 4.38. The second-order valence-corrected chi connectivity index (χ2v) is 3.74. The highest BCUT2D eigenvalue weighted by atomic mass is 19.4. The molecule has 15 heavy (non-hydrogen) atoms. The third kappa shape index (κ3) is 7.18. The fourth-order valence-corrected chi connectivity index (χ4v) is 1.13. The SMILES string of the molecule is O=C(CCCNCC(F)(F)F)NC1CC1. The summed E-state index contributed by atoms with van der Waals surface area (Å²) < 4.78 is 35.0. The van der Waals surface area contributed by atoms with Gasteiger partial charge < -0.3 is 10.6 Å². The standard InChI is InChI=1S/C9H15F3N2O/c10-9(11,12)6-13-5-1-2-8(15)14-7-3-4-7/h7,13H,1-6H2,(H,14,15). The molecule has 0 aliphatic heterocycles. The van der Waals surface area contributed by atoms with Crippen LogP contribution in [0.3, 0.4) is 0 Å². The summed E-state index contributed by atoms with van der Waals surface area (Å²) in [6.07, 6.45) is -1.39. The summed E-state index contributed by atoms with van der Waals surface area (Å²) in [7, 11) is 0. The molecule has 0 aromatic rings. The lowest BCUT2D eigenvalue weighted by Crippen LogP contribution is -2.31. The van der Waals surface area contributed by atoms with Crippen LogP contribution in [-0.2, 0) is 4.79 Å². The van der Waals surface area contributed by atoms with E-state index in [9.17, 15) is 18.0 Å². The van der Waals surface area contributed by atoms with Crippen molar-refractivity contribution < 1.29 is 18.0 Å². The van der Waals surface area contributed by atoms with Crippen molar-refractivity contribution in [2.75, 3.05) is 13.1 Å². The molecule has 1 fully saturated rings. The summed E-state index contributed by atoms with van der Waals surface area (Å²) >= 11 is 0. The predicted molar refractivity (Wildman–Crippen MR) is 49.3 cm³/mol. The van der Waals surface area contributed by atoms with Crippen molar-refractivity contribution >= 4 is 5.91 Å². The average molecular weight is 224 g/mol. The van der Waals surface area contributed by atoms with Crippen LogP contribution in [-0.4, -0.2) is 31.2 Å². The molecule has 2 N–H and O–H groups in total. The van der Waals surface area contributed by atoms with Crippen molar-refractivity contribution in [2.45, 2.75) is 37.9 Å². The molecular formula is C9H15F3N2O. The Morgan fingerprint density at radius 2 is 2.00 bits per heavy atom. The number of hydrogen-bond donors (Lipinski definition) is 2. The highest BCUT2D eigenvalue weighted by Gasteiger charge is 2.26. The Labute approximate surface area is 86.4 Å². The quantitative estimate of drug-likeness (QED) is 0.665. The van der Waals surface area contributed by atoms with Crippen molar-refractivity contribution in [1.29, 1.82) is 0 Å². The summed E-state index contributed by atoms with van der Waals surface area (Å²) in [6, 6.07) is 0.320. The van der Waals surface area contributed by atoms with Crippen LogP contribution in [0.15, 0.2) is 0 Å². The van der Waals surface area contributed by atoms with E-state index in [1.165, 1.54) is 0 Å². The van der Waals surface area contributed by atoms with Crippen molar-refractivity contribution in [3.8, 4) is 0 Å². The van der Waals surface area contributed by atoms with Gasteiger partial charge >= 0.3 is 6.18 Å². The molecule has 6 heteroatoms. The van der Waals surface area contributed by atoms with Crippen molar-refractivity contribution in [1.82, 2.24) is 10.6 Å². The number of nitrogens with one attached hydrogen (secondary N) is 2. The second kappa shape index (κ2) is 5.34. The molecule has 0 heterocycles. The first-order valence-electron chi connectivity index (χ1n) is 5.04. The molecule has 0 aromatic carbocycles. The molecule has 0 aromatic heterocycles. The molecule has 3 nitrogen and oxygen atoms in total. The Morgan fingerprint density at radius 1 is 1.33 bits per heavy atom. The Hall–Kier alpha value is -0.780. The van der Waals surface area contributed by atoms with E-state index in [1.54, 1.807) is 0 Å². The molecule has 0 spiro atoms. The topological polar surface area (TPSA) is 41.1 Å². The van der Waals surface area contributed by atoms with Crippen LogP contribution >= 0.6 is 0 Å². The third-order valence-corrected chi connectivity index (χ3v) is 2.03. The van der Waals surface area contributed by atoms with Gasteiger partial charge in [-0.2, -0.15) is 13.2 Å². The fourth-order valence-electron chi connectivity index (χ4n) is 1.13. The number of halogens is 3. The van der Waals surface area contributed by atoms with E-state index in [0.29, 0.717) is 18.9 Å². The van der Waals surface area contributed by atoms with E-state index in [0.717, 1.165) is 12.8 Å². The number of rotatable bonds is 6. The van der Waals surface area contributed by atoms with E-state index in [4.69, 9.17) is 0 Å². The molecule has 88 valence electrons. The van der Waals surface area contributed by atoms with Gasteiger partial charge in [0, 0.05) is 12.5 Å². The summed E-state index contributed by atoms with van der Waals surface area (Å²) in [4.78, 5) is 11.1. The van der Waals surface area contributed by atoms with Crippen LogP contribution in [0.2, 0.25) is 0 Å². The molecule has 0 atom stereocenters. The van der Waals surface area contributed by atoms with E-state index in [1.807, 2.05) is 0 Å². The molecule has 0 saturated heterocycles. The van der Waals surface area contributed by atoms with Gasteiger partial charge in [-0.3, -0.25) is 4.79 Å². The van der Waals surface area contributed by atoms with E-state index in [2.05, 4.69) is 10.6 Å². The summed E-state index contributed by atoms with van der Waals surface area (Å²) in [5, 5.41) is 5.02. The molecule has 1 rings (SSSR count). The number of alkyl halides is 3. The zero-order valence-corrected chi connectivity index (χ0v) is 8.36. The summed E-state index contributed by atoms with van der Waals surface area (Å²) in [5.74, 6) is -0.0636. The van der Waals surface area contributed by atoms with E-state index in [-0.39, 0.29) is 12.5 Å². The second-order valence-electron chi connectivity index (χ2n) is 3.74. The molecule has 1 saturated carbocycles. The molecule has 0 unspecified atom stereocenters. The van der Waals surface area contributed by atoms with Crippen LogP contribution in [0.5, 0.6) is 0 Å². The van der Waals surface area contributed by atoms with Crippen LogP contribution in [0.1, 0.15) is 25.7 Å². The average Bonchev–Trinajstić information content (AvgIpc) is 2.85. The van der Waals surface area contributed by atoms with Gasteiger partial charge in [0.15, 0.2) is 0 Å². The van der Waals surface area contributed by atoms with Gasteiger partial charge in [-0.25, -0.2) is 0 Å². The number of hydrogen-bond acceptors (Lipinski definition) is 2. The molecule has 1 amide bonds. The maximum atomic E-state index is 11.7. The smallest absolute Gasteiger partial charge is 0.353 e. The molecule has 0 radical (unpaired) electrons. The first kappa shape index (κ1) is 12.3. The fraction of sp³-hybridized carbons (Fsp3) is 0.889. The summed E-state index contributed by atoms with van der Waals surface area (Å²) in [5.41, 5.74) is 0. The highest BCUT2D eigenvalue weighted by molar-refractivity contribution is 5.76. The Balaban J connectivity index is 1.89. The van der Waals surface area contributed by atoms with Crippen LogP contribution in [0.4, 0.5) is 13.2 Å². The van der Waals surface area contributed by atoms with Gasteiger partial charge in [0.2, 0.25) is 5.91 Å². The van der Waals surface area contributed by atoms with Gasteiger partial charge in [0.1, 0.15) is 0 Å². The molecule has 1 aliphatic carbocycles. The van der Waals surface area contributed by atoms with Crippen LogP contribution < -0.4 is 10.6 Å². The van der Waals surface area contributed by atoms with E-state index < -0.39 is 12.7 Å². The molecule has 0 bridgehead atoms. The molecule has 1 aliphatic rings. The Morgan fingerprint density at radius 3 is 2.53 bits per heavy atom. The molecular weight excluding hydrogens is 209 g/mol. The van der Waals surface area contributed by atoms with Crippen molar-refractivity contribution in [3.63, 3.8) is 0 Å². The lowest BCUT2D eigenvalue weighted by Gasteiger charge is -2.07. The van der Waals surface area contributed by atoms with Gasteiger partial charge in [-0.1, -0.05) is 0 Å². The minimum Gasteiger partial charge on any atom is -0.353 e. The van der Waals surface area contributed by atoms with Crippen LogP contribution in [0.25, 0.3) is 0 Å². The van der Waals surface area contributed by atoms with Gasteiger partial charge in [-0.15, -0.1) is 0 Å². The number of amides is 1. The first-order valence-corrected chi connectivity index (χ1v) is 5.04. The number of carbonyl (C=O) groups is 1. The van der Waals surface area contributed by atoms with Crippen molar-refractivity contribution in [2.24, 2.45) is 0 Å². The summed E-state index contributed by atoms with van der Waals surface area (Å²) in [6.45, 7) is -0.769. The van der Waals surface area contributed by atoms with E-state index >= 15 is 0 Å². The maximum absolute atomic E-state index is 11.7. The minimum absolute atomic E-state index is 0.0636. The van der Waals surface area contributed by atoms with Crippen molar-refractivity contribution in [3.05, 3.63) is 0 Å².